The van der Waals surface area contributed by atoms with Crippen molar-refractivity contribution in [3.8, 4) is 0 Å². The van der Waals surface area contributed by atoms with Crippen LogP contribution < -0.4 is 0 Å². The van der Waals surface area contributed by atoms with Crippen LogP contribution in [-0.2, 0) is 23.9 Å². The van der Waals surface area contributed by atoms with Crippen LogP contribution in [0.5, 0.6) is 0 Å². The number of esters is 2. The lowest BCUT2D eigenvalue weighted by Crippen LogP contribution is -2.35. The zero-order chi connectivity index (χ0) is 38.1. The van der Waals surface area contributed by atoms with Gasteiger partial charge in [-0.05, 0) is 94.7 Å². The third-order valence-corrected chi connectivity index (χ3v) is 10.9. The number of likely N-dealkylation sites (N-methyl/N-ethyl adjacent to an activating group) is 1. The van der Waals surface area contributed by atoms with Crippen LogP contribution in [-0.4, -0.2) is 95.5 Å². The maximum absolute atomic E-state index is 12.6. The van der Waals surface area contributed by atoms with E-state index in [0.29, 0.717) is 26.0 Å². The van der Waals surface area contributed by atoms with Gasteiger partial charge in [0, 0.05) is 26.4 Å². The molecular formula is C42H78IN3O6. The van der Waals surface area contributed by atoms with Gasteiger partial charge in [0.25, 0.3) is 0 Å². The van der Waals surface area contributed by atoms with Crippen molar-refractivity contribution in [1.29, 1.82) is 0 Å². The Morgan fingerprint density at radius 3 is 1.75 bits per heavy atom. The number of nitrogens with zero attached hydrogens (tertiary/aromatic N) is 3. The molecule has 52 heavy (non-hydrogen) atoms. The van der Waals surface area contributed by atoms with Crippen LogP contribution in [0.2, 0.25) is 0 Å². The lowest BCUT2D eigenvalue weighted by molar-refractivity contribution is -0.150. The van der Waals surface area contributed by atoms with E-state index in [1.807, 2.05) is 0 Å². The second kappa shape index (κ2) is 34.1. The molecule has 0 aromatic heterocycles. The predicted molar refractivity (Wildman–Crippen MR) is 222 cm³/mol. The molecule has 1 aliphatic rings. The number of alkyl halides is 1. The average Bonchev–Trinajstić information content (AvgIpc) is 3.37. The predicted octanol–water partition coefficient (Wildman–Crippen LogP) is 10.6. The van der Waals surface area contributed by atoms with Crippen LogP contribution in [0.1, 0.15) is 187 Å². The standard InChI is InChI=1S/C42H78IN3O6/c1-4-6-8-9-16-25-36-51-40(48)29-20-12-10-14-23-32-45(34-26-35-46-39(47)37-44(3)42(46)50)33-24-15-11-13-21-30-41(49)52-38(27-18-7-5-2)28-19-17-22-31-43/h38H,4-37H2,1-3H3. The Kier molecular flexibility index (Phi) is 31.9. The van der Waals surface area contributed by atoms with Crippen molar-refractivity contribution in [3.63, 3.8) is 0 Å². The highest BCUT2D eigenvalue weighted by Gasteiger charge is 2.32. The fraction of sp³-hybridized carbons (Fsp3) is 0.905. The first-order valence-electron chi connectivity index (χ1n) is 21.5. The SMILES string of the molecule is CCCCCCCCOC(=O)CCCCCCCN(CCCCCCCC(=O)OC(CCCCC)CCCCCI)CCCN1C(=O)CN(C)C1=O. The smallest absolute Gasteiger partial charge is 0.326 e. The summed E-state index contributed by atoms with van der Waals surface area (Å²) >= 11 is 2.43. The number of carbonyl (C=O) groups excluding carboxylic acids is 4. The van der Waals surface area contributed by atoms with E-state index >= 15 is 0 Å². The number of hydrogen-bond acceptors (Lipinski definition) is 7. The van der Waals surface area contributed by atoms with E-state index in [-0.39, 0.29) is 36.5 Å². The Labute approximate surface area is 332 Å². The van der Waals surface area contributed by atoms with Crippen molar-refractivity contribution in [2.24, 2.45) is 0 Å². The average molecular weight is 848 g/mol. The molecule has 0 aromatic rings. The lowest BCUT2D eigenvalue weighted by atomic mass is 10.0. The van der Waals surface area contributed by atoms with E-state index < -0.39 is 0 Å². The van der Waals surface area contributed by atoms with E-state index in [9.17, 15) is 19.2 Å². The summed E-state index contributed by atoms with van der Waals surface area (Å²) in [5.74, 6) is -0.181. The first kappa shape index (κ1) is 48.6. The molecule has 1 fully saturated rings. The largest absolute Gasteiger partial charge is 0.466 e. The summed E-state index contributed by atoms with van der Waals surface area (Å²) in [7, 11) is 1.68. The quantitative estimate of drug-likeness (QED) is 0.0202. The molecule has 1 heterocycles. The fourth-order valence-corrected chi connectivity index (χ4v) is 7.40. The molecular weight excluding hydrogens is 769 g/mol. The lowest BCUT2D eigenvalue weighted by Gasteiger charge is -2.23. The normalized spacial score (nSPS) is 13.8. The molecule has 1 rings (SSSR count). The highest BCUT2D eigenvalue weighted by Crippen LogP contribution is 2.17. The van der Waals surface area contributed by atoms with Crippen molar-refractivity contribution in [2.45, 2.75) is 193 Å². The minimum Gasteiger partial charge on any atom is -0.466 e. The zero-order valence-electron chi connectivity index (χ0n) is 33.8. The number of amides is 3. The van der Waals surface area contributed by atoms with Crippen LogP contribution in [0.15, 0.2) is 0 Å². The summed E-state index contributed by atoms with van der Waals surface area (Å²) in [5, 5.41) is 0. The minimum absolute atomic E-state index is 0.0221. The van der Waals surface area contributed by atoms with Gasteiger partial charge in [-0.15, -0.1) is 0 Å². The maximum atomic E-state index is 12.6. The van der Waals surface area contributed by atoms with Gasteiger partial charge < -0.3 is 19.3 Å². The number of carbonyl (C=O) groups is 4. The summed E-state index contributed by atoms with van der Waals surface area (Å²) in [6.45, 7) is 8.52. The van der Waals surface area contributed by atoms with Crippen LogP contribution >= 0.6 is 22.6 Å². The van der Waals surface area contributed by atoms with Gasteiger partial charge in [0.15, 0.2) is 0 Å². The molecule has 0 bridgehead atoms. The van der Waals surface area contributed by atoms with Crippen molar-refractivity contribution in [3.05, 3.63) is 0 Å². The van der Waals surface area contributed by atoms with Crippen molar-refractivity contribution < 1.29 is 28.7 Å². The first-order chi connectivity index (χ1) is 25.3. The van der Waals surface area contributed by atoms with Gasteiger partial charge in [-0.25, -0.2) is 4.79 Å². The molecule has 1 unspecified atom stereocenters. The highest BCUT2D eigenvalue weighted by atomic mass is 127. The third-order valence-electron chi connectivity index (χ3n) is 10.1. The van der Waals surface area contributed by atoms with Gasteiger partial charge in [0.1, 0.15) is 12.6 Å². The molecule has 0 aliphatic carbocycles. The highest BCUT2D eigenvalue weighted by molar-refractivity contribution is 14.1. The number of halogens is 1. The Bertz CT molecular complexity index is 922. The number of unbranched alkanes of at least 4 members (excludes halogenated alkanes) is 17. The molecule has 1 aliphatic heterocycles. The number of urea groups is 1. The van der Waals surface area contributed by atoms with Crippen molar-refractivity contribution in [2.75, 3.05) is 50.8 Å². The second-order valence-electron chi connectivity index (χ2n) is 15.0. The number of rotatable bonds is 37. The van der Waals surface area contributed by atoms with Crippen LogP contribution in [0.25, 0.3) is 0 Å². The second-order valence-corrected chi connectivity index (χ2v) is 16.1. The van der Waals surface area contributed by atoms with Gasteiger partial charge in [-0.1, -0.05) is 126 Å². The summed E-state index contributed by atoms with van der Waals surface area (Å²) in [6.07, 6.45) is 28.8. The molecule has 0 aromatic carbocycles. The first-order valence-corrected chi connectivity index (χ1v) is 23.0. The summed E-state index contributed by atoms with van der Waals surface area (Å²) in [4.78, 5) is 54.5. The Balaban J connectivity index is 2.31. The van der Waals surface area contributed by atoms with Gasteiger partial charge in [0.2, 0.25) is 5.91 Å². The maximum Gasteiger partial charge on any atom is 0.326 e. The van der Waals surface area contributed by atoms with Crippen molar-refractivity contribution in [1.82, 2.24) is 14.7 Å². The number of imide groups is 1. The van der Waals surface area contributed by atoms with Gasteiger partial charge in [0.05, 0.1) is 6.61 Å². The van der Waals surface area contributed by atoms with Crippen LogP contribution in [0.3, 0.4) is 0 Å². The molecule has 3 amide bonds. The minimum atomic E-state index is -0.189. The van der Waals surface area contributed by atoms with E-state index in [2.05, 4.69) is 41.3 Å². The monoisotopic (exact) mass is 847 g/mol. The van der Waals surface area contributed by atoms with E-state index in [4.69, 9.17) is 9.47 Å². The summed E-state index contributed by atoms with van der Waals surface area (Å²) < 4.78 is 12.5. The molecule has 0 N–H and O–H groups in total. The van der Waals surface area contributed by atoms with E-state index in [1.165, 1.54) is 65.6 Å². The zero-order valence-corrected chi connectivity index (χ0v) is 35.9. The van der Waals surface area contributed by atoms with Gasteiger partial charge in [-0.3, -0.25) is 19.3 Å². The molecule has 1 saturated heterocycles. The van der Waals surface area contributed by atoms with Crippen LogP contribution in [0, 0.1) is 0 Å². The Morgan fingerprint density at radius 1 is 0.654 bits per heavy atom. The molecule has 9 nitrogen and oxygen atoms in total. The van der Waals surface area contributed by atoms with Gasteiger partial charge >= 0.3 is 18.0 Å². The van der Waals surface area contributed by atoms with E-state index in [1.54, 1.807) is 7.05 Å². The Morgan fingerprint density at radius 2 is 1.15 bits per heavy atom. The third kappa shape index (κ3) is 26.4. The molecule has 304 valence electrons. The number of ether oxygens (including phenoxy) is 2. The Hall–Kier alpha value is -1.43. The van der Waals surface area contributed by atoms with E-state index in [0.717, 1.165) is 129 Å². The van der Waals surface area contributed by atoms with Gasteiger partial charge in [-0.2, -0.15) is 0 Å². The number of hydrogen-bond donors (Lipinski definition) is 0. The molecule has 1 atom stereocenters. The molecule has 0 saturated carbocycles. The molecule has 0 radical (unpaired) electrons. The van der Waals surface area contributed by atoms with Crippen LogP contribution in [0.4, 0.5) is 4.79 Å². The van der Waals surface area contributed by atoms with Crippen molar-refractivity contribution >= 4 is 46.5 Å². The fourth-order valence-electron chi connectivity index (χ4n) is 6.86. The molecule has 0 spiro atoms. The molecule has 10 heteroatoms. The topological polar surface area (TPSA) is 96.5 Å². The summed E-state index contributed by atoms with van der Waals surface area (Å²) in [6, 6.07) is -0.189. The summed E-state index contributed by atoms with van der Waals surface area (Å²) in [5.41, 5.74) is 0.